The molecule has 0 spiro atoms. The maximum absolute atomic E-state index is 6.29. The van der Waals surface area contributed by atoms with Crippen LogP contribution in [-0.4, -0.2) is 12.6 Å². The van der Waals surface area contributed by atoms with Crippen LogP contribution in [0, 0.1) is 0 Å². The average molecular weight is 695 g/mol. The fourth-order valence-corrected chi connectivity index (χ4v) is 11.7. The van der Waals surface area contributed by atoms with Crippen molar-refractivity contribution in [3.05, 3.63) is 217 Å². The summed E-state index contributed by atoms with van der Waals surface area (Å²) in [6.45, 7) is 2.40. The number of methoxy groups -OCH3 is 1. The molecule has 3 nitrogen and oxygen atoms in total. The van der Waals surface area contributed by atoms with Crippen LogP contribution < -0.4 is 25.6 Å². The van der Waals surface area contributed by atoms with Crippen LogP contribution in [0.2, 0.25) is 0 Å². The van der Waals surface area contributed by atoms with Gasteiger partial charge in [0.05, 0.1) is 25.7 Å². The largest absolute Gasteiger partial charge is 0.494 e. The van der Waals surface area contributed by atoms with E-state index in [-0.39, 0.29) is 17.5 Å². The lowest BCUT2D eigenvalue weighted by Crippen LogP contribution is -2.29. The van der Waals surface area contributed by atoms with E-state index in [1.54, 1.807) is 7.11 Å². The van der Waals surface area contributed by atoms with Gasteiger partial charge in [-0.3, -0.25) is 0 Å². The van der Waals surface area contributed by atoms with E-state index in [0.717, 1.165) is 23.5 Å². The van der Waals surface area contributed by atoms with E-state index in [9.17, 15) is 0 Å². The molecule has 0 aromatic heterocycles. The number of benzene rings is 7. The zero-order chi connectivity index (χ0) is 35.4. The first-order chi connectivity index (χ1) is 25.6. The van der Waals surface area contributed by atoms with Crippen LogP contribution in [0.25, 0.3) is 0 Å². The van der Waals surface area contributed by atoms with Crippen LogP contribution >= 0.6 is 7.05 Å². The monoisotopic (exact) mass is 694 g/mol. The Labute approximate surface area is 308 Å². The van der Waals surface area contributed by atoms with Gasteiger partial charge >= 0.3 is 0 Å². The van der Waals surface area contributed by atoms with E-state index in [0.29, 0.717) is 0 Å². The smallest absolute Gasteiger partial charge is 0.146 e. The Morgan fingerprint density at radius 2 is 1.06 bits per heavy atom. The van der Waals surface area contributed by atoms with E-state index in [4.69, 9.17) is 9.48 Å². The predicted molar refractivity (Wildman–Crippen MR) is 220 cm³/mol. The summed E-state index contributed by atoms with van der Waals surface area (Å²) >= 11 is 0. The van der Waals surface area contributed by atoms with E-state index >= 15 is 0 Å². The third-order valence-corrected chi connectivity index (χ3v) is 14.3. The number of anilines is 1. The van der Waals surface area contributed by atoms with Gasteiger partial charge in [-0.1, -0.05) is 189 Å². The summed E-state index contributed by atoms with van der Waals surface area (Å²) in [6.07, 6.45) is 0.905. The highest BCUT2D eigenvalue weighted by molar-refractivity contribution is 7.87. The fourth-order valence-electron chi connectivity index (χ4n) is 8.16. The van der Waals surface area contributed by atoms with Crippen molar-refractivity contribution in [2.45, 2.75) is 30.8 Å². The molecule has 1 aliphatic heterocycles. The average Bonchev–Trinajstić information content (AvgIpc) is 3.90. The van der Waals surface area contributed by atoms with Crippen molar-refractivity contribution in [2.24, 2.45) is 4.74 Å². The molecule has 1 saturated heterocycles. The van der Waals surface area contributed by atoms with Gasteiger partial charge in [-0.2, -0.15) is 0 Å². The van der Waals surface area contributed by atoms with Gasteiger partial charge in [0.1, 0.15) is 11.4 Å². The molecular formula is C48H43N2OP. The highest BCUT2D eigenvalue weighted by Crippen LogP contribution is 2.64. The third-order valence-electron chi connectivity index (χ3n) is 10.7. The van der Waals surface area contributed by atoms with Gasteiger partial charge in [-0.25, -0.2) is 4.74 Å². The zero-order valence-electron chi connectivity index (χ0n) is 29.7. The van der Waals surface area contributed by atoms with Crippen LogP contribution in [0.1, 0.15) is 35.6 Å². The van der Waals surface area contributed by atoms with Crippen molar-refractivity contribution < 1.29 is 4.74 Å². The van der Waals surface area contributed by atoms with Gasteiger partial charge in [0.25, 0.3) is 0 Å². The van der Waals surface area contributed by atoms with Crippen molar-refractivity contribution in [3.63, 3.8) is 0 Å². The summed E-state index contributed by atoms with van der Waals surface area (Å²) in [7, 11) is -0.724. The third kappa shape index (κ3) is 6.06. The molecule has 4 heteroatoms. The van der Waals surface area contributed by atoms with Crippen molar-refractivity contribution >= 4 is 34.3 Å². The maximum Gasteiger partial charge on any atom is 0.146 e. The molecule has 7 aromatic rings. The minimum absolute atomic E-state index is 0.168. The molecule has 0 saturated carbocycles. The highest BCUT2D eigenvalue weighted by Gasteiger charge is 2.66. The van der Waals surface area contributed by atoms with Gasteiger partial charge < -0.3 is 9.64 Å². The Hall–Kier alpha value is -5.63. The van der Waals surface area contributed by atoms with Gasteiger partial charge in [-0.05, 0) is 35.2 Å². The van der Waals surface area contributed by atoms with Gasteiger partial charge in [-0.15, -0.1) is 0 Å². The molecule has 52 heavy (non-hydrogen) atoms. The summed E-state index contributed by atoms with van der Waals surface area (Å²) < 4.78 is 12.1. The molecule has 3 unspecified atom stereocenters. The Bertz CT molecular complexity index is 2180. The van der Waals surface area contributed by atoms with Crippen LogP contribution in [0.15, 0.2) is 205 Å². The number of ether oxygens (including phenoxy) is 1. The molecule has 3 atom stereocenters. The second-order valence-corrected chi connectivity index (χ2v) is 16.6. The normalized spacial score (nSPS) is 17.3. The number of hydrogen-bond donors (Lipinski definition) is 0. The minimum Gasteiger partial charge on any atom is -0.494 e. The molecule has 7 aromatic carbocycles. The zero-order valence-corrected chi connectivity index (χ0v) is 30.6. The SMILES string of the molecule is COc1cc(N2C(c3ccccc3)C2(Cc2ccccc2)C(C)c2ccccc2)ccc1N=P(c1ccccc1)(c1ccccc1)c1ccccc1. The Morgan fingerprint density at radius 1 is 0.596 bits per heavy atom. The molecule has 1 fully saturated rings. The summed E-state index contributed by atoms with van der Waals surface area (Å²) in [5.74, 6) is 1.01. The first-order valence-electron chi connectivity index (χ1n) is 18.1. The molecule has 0 amide bonds. The van der Waals surface area contributed by atoms with Crippen molar-refractivity contribution in [1.29, 1.82) is 0 Å². The lowest BCUT2D eigenvalue weighted by molar-refractivity contribution is 0.416. The van der Waals surface area contributed by atoms with E-state index < -0.39 is 7.05 Å². The molecule has 1 heterocycles. The summed E-state index contributed by atoms with van der Waals surface area (Å²) in [6, 6.07) is 72.0. The van der Waals surface area contributed by atoms with Crippen LogP contribution in [-0.2, 0) is 6.42 Å². The molecule has 1 aliphatic rings. The molecule has 8 rings (SSSR count). The van der Waals surface area contributed by atoms with E-state index in [2.05, 4.69) is 212 Å². The summed E-state index contributed by atoms with van der Waals surface area (Å²) in [5, 5.41) is 3.60. The standard InChI is InChI=1S/C48H43N2OP/c1-37(39-23-11-4-12-24-39)48(36-38-21-9-3-10-22-38)47(40-25-13-5-14-26-40)50(48)41-33-34-45(46(35-41)51-2)49-52(42-27-15-6-16-28-42,43-29-17-7-18-30-43)44-31-19-8-20-32-44/h3-35,37,47H,36H2,1-2H3. The summed E-state index contributed by atoms with van der Waals surface area (Å²) in [4.78, 5) is 2.63. The van der Waals surface area contributed by atoms with Gasteiger partial charge in [0.2, 0.25) is 0 Å². The van der Waals surface area contributed by atoms with Crippen molar-refractivity contribution in [1.82, 2.24) is 0 Å². The van der Waals surface area contributed by atoms with E-state index in [1.165, 1.54) is 32.6 Å². The molecule has 0 bridgehead atoms. The molecule has 0 radical (unpaired) electrons. The summed E-state index contributed by atoms with van der Waals surface area (Å²) in [5.41, 5.74) is 5.75. The highest BCUT2D eigenvalue weighted by atomic mass is 31.2. The minimum atomic E-state index is -2.49. The second kappa shape index (κ2) is 14.5. The number of nitrogens with zero attached hydrogens (tertiary/aromatic N) is 2. The molecule has 256 valence electrons. The maximum atomic E-state index is 6.29. The van der Waals surface area contributed by atoms with Crippen LogP contribution in [0.5, 0.6) is 5.75 Å². The van der Waals surface area contributed by atoms with E-state index in [1.807, 2.05) is 0 Å². The van der Waals surface area contributed by atoms with Gasteiger partial charge in [0, 0.05) is 33.6 Å². The first kappa shape index (κ1) is 33.5. The first-order valence-corrected chi connectivity index (χ1v) is 19.8. The Balaban J connectivity index is 1.33. The van der Waals surface area contributed by atoms with Crippen LogP contribution in [0.4, 0.5) is 11.4 Å². The Kier molecular flexibility index (Phi) is 9.37. The van der Waals surface area contributed by atoms with Gasteiger partial charge in [0.15, 0.2) is 0 Å². The van der Waals surface area contributed by atoms with Crippen LogP contribution in [0.3, 0.4) is 0 Å². The molecule has 0 aliphatic carbocycles. The predicted octanol–water partition coefficient (Wildman–Crippen LogP) is 10.9. The Morgan fingerprint density at radius 3 is 1.56 bits per heavy atom. The topological polar surface area (TPSA) is 24.6 Å². The number of hydrogen-bond acceptors (Lipinski definition) is 3. The fraction of sp³-hybridized carbons (Fsp3) is 0.125. The van der Waals surface area contributed by atoms with Crippen molar-refractivity contribution in [3.8, 4) is 5.75 Å². The molecule has 0 N–H and O–H groups in total. The second-order valence-electron chi connectivity index (χ2n) is 13.6. The molecular weight excluding hydrogens is 652 g/mol. The van der Waals surface area contributed by atoms with Crippen molar-refractivity contribution in [2.75, 3.05) is 12.0 Å². The number of rotatable bonds is 11. The lowest BCUT2D eigenvalue weighted by Gasteiger charge is -2.28. The quantitative estimate of drug-likeness (QED) is 0.0995. The lowest BCUT2D eigenvalue weighted by atomic mass is 9.78.